The van der Waals surface area contributed by atoms with Crippen LogP contribution < -0.4 is 10.6 Å². The van der Waals surface area contributed by atoms with E-state index in [1.54, 1.807) is 41.2 Å². The topological polar surface area (TPSA) is 76.0 Å². The van der Waals surface area contributed by atoms with E-state index in [9.17, 15) is 14.0 Å². The molecule has 2 N–H and O–H groups in total. The van der Waals surface area contributed by atoms with Crippen LogP contribution in [-0.2, 0) is 16.6 Å². The van der Waals surface area contributed by atoms with Crippen LogP contribution in [0.5, 0.6) is 0 Å². The fourth-order valence-electron chi connectivity index (χ4n) is 2.81. The van der Waals surface area contributed by atoms with Crippen LogP contribution in [0, 0.1) is 5.82 Å². The van der Waals surface area contributed by atoms with Gasteiger partial charge in [0.15, 0.2) is 0 Å². The van der Waals surface area contributed by atoms with Crippen molar-refractivity contribution in [3.63, 3.8) is 0 Å². The van der Waals surface area contributed by atoms with Crippen molar-refractivity contribution >= 4 is 45.2 Å². The normalized spacial score (nSPS) is 11.7. The summed E-state index contributed by atoms with van der Waals surface area (Å²) in [6.07, 6.45) is 3.41. The second kappa shape index (κ2) is 10.4. The number of imidazole rings is 1. The summed E-state index contributed by atoms with van der Waals surface area (Å²) in [5, 5.41) is 5.71. The third-order valence-electron chi connectivity index (χ3n) is 4.20. The predicted octanol–water partition coefficient (Wildman–Crippen LogP) is 3.90. The molecule has 1 unspecified atom stereocenters. The van der Waals surface area contributed by atoms with Crippen LogP contribution in [0.4, 0.5) is 10.1 Å². The summed E-state index contributed by atoms with van der Waals surface area (Å²) in [5.74, 6) is 0.0955. The first kappa shape index (κ1) is 22.0. The van der Waals surface area contributed by atoms with Gasteiger partial charge in [-0.15, -0.1) is 11.8 Å². The smallest absolute Gasteiger partial charge is 0.234 e. The van der Waals surface area contributed by atoms with Gasteiger partial charge in [-0.25, -0.2) is 9.37 Å². The molecule has 2 aromatic carbocycles. The van der Waals surface area contributed by atoms with E-state index in [-0.39, 0.29) is 29.1 Å². The van der Waals surface area contributed by atoms with Crippen molar-refractivity contribution in [1.82, 2.24) is 14.9 Å². The molecule has 156 valence electrons. The zero-order chi connectivity index (χ0) is 21.5. The highest BCUT2D eigenvalue weighted by molar-refractivity contribution is 9.10. The summed E-state index contributed by atoms with van der Waals surface area (Å²) in [5.41, 5.74) is 1.40. The van der Waals surface area contributed by atoms with E-state index < -0.39 is 6.04 Å². The number of aryl methyl sites for hydroxylation is 1. The van der Waals surface area contributed by atoms with Gasteiger partial charge in [0.2, 0.25) is 11.8 Å². The maximum absolute atomic E-state index is 13.3. The number of aromatic nitrogens is 2. The molecule has 0 saturated heterocycles. The summed E-state index contributed by atoms with van der Waals surface area (Å²) < 4.78 is 16.0. The van der Waals surface area contributed by atoms with Gasteiger partial charge < -0.3 is 15.2 Å². The van der Waals surface area contributed by atoms with Crippen molar-refractivity contribution in [2.24, 2.45) is 7.05 Å². The van der Waals surface area contributed by atoms with Crippen LogP contribution >= 0.6 is 27.7 Å². The molecule has 0 bridgehead atoms. The largest absolute Gasteiger partial charge is 0.341 e. The lowest BCUT2D eigenvalue weighted by atomic mass is 10.1. The molecule has 0 aliphatic heterocycles. The number of hydrogen-bond acceptors (Lipinski definition) is 4. The monoisotopic (exact) mass is 490 g/mol. The number of hydrogen-bond donors (Lipinski definition) is 2. The Morgan fingerprint density at radius 3 is 2.57 bits per heavy atom. The zero-order valence-corrected chi connectivity index (χ0v) is 18.5. The first-order valence-corrected chi connectivity index (χ1v) is 11.0. The molecule has 0 saturated carbocycles. The van der Waals surface area contributed by atoms with E-state index >= 15 is 0 Å². The minimum absolute atomic E-state index is 0.105. The van der Waals surface area contributed by atoms with E-state index in [1.807, 2.05) is 19.2 Å². The molecular formula is C21H20BrFN4O2S. The van der Waals surface area contributed by atoms with Crippen molar-refractivity contribution in [2.45, 2.75) is 6.04 Å². The van der Waals surface area contributed by atoms with E-state index in [0.717, 1.165) is 10.0 Å². The molecule has 9 heteroatoms. The lowest BCUT2D eigenvalue weighted by Crippen LogP contribution is -2.32. The van der Waals surface area contributed by atoms with Crippen molar-refractivity contribution in [3.05, 3.63) is 82.6 Å². The van der Waals surface area contributed by atoms with E-state index in [1.165, 1.54) is 23.9 Å². The molecule has 0 aliphatic rings. The van der Waals surface area contributed by atoms with Crippen molar-refractivity contribution in [1.29, 1.82) is 0 Å². The third kappa shape index (κ3) is 6.17. The van der Waals surface area contributed by atoms with Crippen LogP contribution in [0.1, 0.15) is 17.4 Å². The SMILES string of the molecule is Cn1ccnc1C(NC(=O)CSCC(=O)Nc1cccc(Br)c1)c1ccc(F)cc1. The van der Waals surface area contributed by atoms with Gasteiger partial charge in [-0.2, -0.15) is 0 Å². The first-order valence-electron chi connectivity index (χ1n) is 9.07. The molecule has 1 aromatic heterocycles. The van der Waals surface area contributed by atoms with Crippen molar-refractivity contribution < 1.29 is 14.0 Å². The van der Waals surface area contributed by atoms with E-state index in [2.05, 4.69) is 31.5 Å². The fraction of sp³-hybridized carbons (Fsp3) is 0.190. The predicted molar refractivity (Wildman–Crippen MR) is 120 cm³/mol. The number of nitrogens with one attached hydrogen (secondary N) is 2. The first-order chi connectivity index (χ1) is 14.4. The van der Waals surface area contributed by atoms with Crippen LogP contribution in [-0.4, -0.2) is 32.9 Å². The maximum Gasteiger partial charge on any atom is 0.234 e. The van der Waals surface area contributed by atoms with Crippen molar-refractivity contribution in [3.8, 4) is 0 Å². The van der Waals surface area contributed by atoms with Gasteiger partial charge in [-0.3, -0.25) is 9.59 Å². The lowest BCUT2D eigenvalue weighted by Gasteiger charge is -2.19. The molecule has 30 heavy (non-hydrogen) atoms. The Hall–Kier alpha value is -2.65. The average Bonchev–Trinajstić information content (AvgIpc) is 3.12. The zero-order valence-electron chi connectivity index (χ0n) is 16.1. The molecule has 1 heterocycles. The van der Waals surface area contributed by atoms with Gasteiger partial charge in [0.05, 0.1) is 11.5 Å². The highest BCUT2D eigenvalue weighted by atomic mass is 79.9. The molecule has 1 atom stereocenters. The number of benzene rings is 2. The highest BCUT2D eigenvalue weighted by Gasteiger charge is 2.21. The van der Waals surface area contributed by atoms with Gasteiger partial charge in [0.1, 0.15) is 17.7 Å². The molecule has 0 fully saturated rings. The average molecular weight is 491 g/mol. The van der Waals surface area contributed by atoms with Gasteiger partial charge in [-0.05, 0) is 35.9 Å². The van der Waals surface area contributed by atoms with Crippen LogP contribution in [0.15, 0.2) is 65.4 Å². The summed E-state index contributed by atoms with van der Waals surface area (Å²) >= 11 is 4.57. The molecule has 0 radical (unpaired) electrons. The number of carbonyl (C=O) groups is 2. The van der Waals surface area contributed by atoms with Gasteiger partial charge >= 0.3 is 0 Å². The van der Waals surface area contributed by atoms with Crippen molar-refractivity contribution in [2.75, 3.05) is 16.8 Å². The Balaban J connectivity index is 1.56. The van der Waals surface area contributed by atoms with Crippen LogP contribution in [0.2, 0.25) is 0 Å². The minimum Gasteiger partial charge on any atom is -0.341 e. The molecule has 0 spiro atoms. The van der Waals surface area contributed by atoms with E-state index in [4.69, 9.17) is 0 Å². The summed E-state index contributed by atoms with van der Waals surface area (Å²) in [7, 11) is 1.83. The van der Waals surface area contributed by atoms with Gasteiger partial charge in [0, 0.05) is 29.6 Å². The summed E-state index contributed by atoms with van der Waals surface area (Å²) in [4.78, 5) is 28.9. The molecular weight excluding hydrogens is 471 g/mol. The molecule has 3 aromatic rings. The summed E-state index contributed by atoms with van der Waals surface area (Å²) in [6, 6.07) is 12.7. The standard InChI is InChI=1S/C21H20BrFN4O2S/c1-27-10-9-24-21(27)20(14-5-7-16(23)8-6-14)26-19(29)13-30-12-18(28)25-17-4-2-3-15(22)11-17/h2-11,20H,12-13H2,1H3,(H,25,28)(H,26,29). The number of rotatable bonds is 8. The number of nitrogens with zero attached hydrogens (tertiary/aromatic N) is 2. The Bertz CT molecular complexity index is 1030. The fourth-order valence-corrected chi connectivity index (χ4v) is 3.84. The Morgan fingerprint density at radius 2 is 1.90 bits per heavy atom. The molecule has 2 amide bonds. The lowest BCUT2D eigenvalue weighted by molar-refractivity contribution is -0.119. The molecule has 3 rings (SSSR count). The number of amides is 2. The second-order valence-electron chi connectivity index (χ2n) is 6.50. The molecule has 0 aliphatic carbocycles. The minimum atomic E-state index is -0.519. The Morgan fingerprint density at radius 1 is 1.17 bits per heavy atom. The van der Waals surface area contributed by atoms with Crippen LogP contribution in [0.3, 0.4) is 0 Å². The molecule has 6 nitrogen and oxygen atoms in total. The third-order valence-corrected chi connectivity index (χ3v) is 5.63. The Kier molecular flexibility index (Phi) is 7.64. The number of thioether (sulfide) groups is 1. The highest BCUT2D eigenvalue weighted by Crippen LogP contribution is 2.21. The van der Waals surface area contributed by atoms with Gasteiger partial charge in [0.25, 0.3) is 0 Å². The number of anilines is 1. The number of carbonyl (C=O) groups excluding carboxylic acids is 2. The number of halogens is 2. The van der Waals surface area contributed by atoms with E-state index in [0.29, 0.717) is 11.5 Å². The Labute approximate surface area is 186 Å². The quantitative estimate of drug-likeness (QED) is 0.501. The maximum atomic E-state index is 13.3. The second-order valence-corrected chi connectivity index (χ2v) is 8.40. The van der Waals surface area contributed by atoms with Crippen LogP contribution in [0.25, 0.3) is 0 Å². The van der Waals surface area contributed by atoms with Gasteiger partial charge in [-0.1, -0.05) is 34.1 Å². The summed E-state index contributed by atoms with van der Waals surface area (Å²) in [6.45, 7) is 0.